The van der Waals surface area contributed by atoms with Crippen LogP contribution in [0.5, 0.6) is 5.75 Å². The lowest BCUT2D eigenvalue weighted by Gasteiger charge is -2.25. The van der Waals surface area contributed by atoms with E-state index in [1.807, 2.05) is 34.0 Å². The molecule has 6 heteroatoms. The lowest BCUT2D eigenvalue weighted by molar-refractivity contribution is -0.133. The zero-order chi connectivity index (χ0) is 18.9. The summed E-state index contributed by atoms with van der Waals surface area (Å²) in [6.45, 7) is 3.53. The minimum absolute atomic E-state index is 0.00244. The fourth-order valence-electron chi connectivity index (χ4n) is 4.08. The minimum Gasteiger partial charge on any atom is -0.493 e. The SMILES string of the molecule is O=C(Cc1ccc2c(c1)CCCO2)N1Cc2ccnn2C[C@H](OCC2CC2)C1. The summed E-state index contributed by atoms with van der Waals surface area (Å²) < 4.78 is 13.8. The van der Waals surface area contributed by atoms with E-state index in [0.717, 1.165) is 49.6 Å². The highest BCUT2D eigenvalue weighted by atomic mass is 16.5. The number of amides is 1. The first-order valence-corrected chi connectivity index (χ1v) is 10.4. The highest BCUT2D eigenvalue weighted by Crippen LogP contribution is 2.30. The minimum atomic E-state index is 0.00244. The molecule has 1 aliphatic carbocycles. The van der Waals surface area contributed by atoms with Crippen molar-refractivity contribution in [2.75, 3.05) is 19.8 Å². The van der Waals surface area contributed by atoms with Crippen LogP contribution in [0.15, 0.2) is 30.5 Å². The molecule has 6 nitrogen and oxygen atoms in total. The predicted molar refractivity (Wildman–Crippen MR) is 104 cm³/mol. The third kappa shape index (κ3) is 3.92. The van der Waals surface area contributed by atoms with Crippen molar-refractivity contribution in [3.8, 4) is 5.75 Å². The summed E-state index contributed by atoms with van der Waals surface area (Å²) in [5, 5.41) is 4.42. The maximum atomic E-state index is 13.1. The van der Waals surface area contributed by atoms with Gasteiger partial charge in [-0.25, -0.2) is 0 Å². The summed E-state index contributed by atoms with van der Waals surface area (Å²) in [7, 11) is 0. The standard InChI is InChI=1S/C22H27N3O3/c26-22(11-17-5-6-21-18(10-17)2-1-9-27-21)24-12-19-7-8-23-25(19)14-20(13-24)28-15-16-3-4-16/h5-8,10,16,20H,1-4,9,11-15H2/t20-/m1/s1. The van der Waals surface area contributed by atoms with Gasteiger partial charge in [0.05, 0.1) is 37.9 Å². The van der Waals surface area contributed by atoms with E-state index in [1.54, 1.807) is 0 Å². The third-order valence-electron chi connectivity index (χ3n) is 5.90. The van der Waals surface area contributed by atoms with E-state index in [2.05, 4.69) is 11.2 Å². The van der Waals surface area contributed by atoms with Crippen molar-refractivity contribution in [1.29, 1.82) is 0 Å². The molecule has 1 amide bonds. The van der Waals surface area contributed by atoms with Gasteiger partial charge in [-0.3, -0.25) is 9.48 Å². The van der Waals surface area contributed by atoms with Crippen molar-refractivity contribution in [3.05, 3.63) is 47.3 Å². The Kier molecular flexibility index (Phi) is 4.81. The molecule has 0 N–H and O–H groups in total. The fourth-order valence-corrected chi connectivity index (χ4v) is 4.08. The van der Waals surface area contributed by atoms with Crippen LogP contribution < -0.4 is 4.74 Å². The molecule has 3 aliphatic rings. The Morgan fingerprint density at radius 1 is 1.25 bits per heavy atom. The number of rotatable bonds is 5. The number of nitrogens with zero attached hydrogens (tertiary/aromatic N) is 3. The summed E-state index contributed by atoms with van der Waals surface area (Å²) in [5.74, 6) is 1.82. The monoisotopic (exact) mass is 381 g/mol. The number of ether oxygens (including phenoxy) is 2. The molecule has 148 valence electrons. The van der Waals surface area contributed by atoms with Crippen LogP contribution in [0.4, 0.5) is 0 Å². The van der Waals surface area contributed by atoms with Gasteiger partial charge in [-0.15, -0.1) is 0 Å². The van der Waals surface area contributed by atoms with E-state index in [0.29, 0.717) is 25.4 Å². The summed E-state index contributed by atoms with van der Waals surface area (Å²) in [5.41, 5.74) is 3.35. The molecule has 0 spiro atoms. The molecule has 0 radical (unpaired) electrons. The summed E-state index contributed by atoms with van der Waals surface area (Å²) in [6, 6.07) is 8.16. The van der Waals surface area contributed by atoms with Crippen molar-refractivity contribution < 1.29 is 14.3 Å². The number of hydrogen-bond donors (Lipinski definition) is 0. The highest BCUT2D eigenvalue weighted by Gasteiger charge is 2.29. The topological polar surface area (TPSA) is 56.6 Å². The smallest absolute Gasteiger partial charge is 0.227 e. The van der Waals surface area contributed by atoms with Crippen molar-refractivity contribution in [3.63, 3.8) is 0 Å². The average molecular weight is 381 g/mol. The zero-order valence-electron chi connectivity index (χ0n) is 16.2. The molecule has 0 unspecified atom stereocenters. The fraction of sp³-hybridized carbons (Fsp3) is 0.545. The van der Waals surface area contributed by atoms with Crippen molar-refractivity contribution >= 4 is 5.91 Å². The molecular formula is C22H27N3O3. The van der Waals surface area contributed by atoms with E-state index in [4.69, 9.17) is 9.47 Å². The van der Waals surface area contributed by atoms with Crippen LogP contribution in [0.25, 0.3) is 0 Å². The molecule has 1 saturated carbocycles. The summed E-state index contributed by atoms with van der Waals surface area (Å²) in [4.78, 5) is 15.1. The van der Waals surface area contributed by atoms with Crippen molar-refractivity contribution in [2.45, 2.75) is 51.3 Å². The maximum absolute atomic E-state index is 13.1. The van der Waals surface area contributed by atoms with Crippen molar-refractivity contribution in [1.82, 2.24) is 14.7 Å². The molecule has 2 aromatic rings. The van der Waals surface area contributed by atoms with E-state index >= 15 is 0 Å². The Hall–Kier alpha value is -2.34. The Labute approximate surface area is 165 Å². The largest absolute Gasteiger partial charge is 0.493 e. The number of carbonyl (C=O) groups excluding carboxylic acids is 1. The Morgan fingerprint density at radius 2 is 2.18 bits per heavy atom. The molecule has 2 aliphatic heterocycles. The first kappa shape index (κ1) is 17.7. The van der Waals surface area contributed by atoms with Gasteiger partial charge in [0, 0.05) is 19.3 Å². The first-order chi connectivity index (χ1) is 13.7. The second-order valence-corrected chi connectivity index (χ2v) is 8.25. The van der Waals surface area contributed by atoms with Gasteiger partial charge in [0.2, 0.25) is 5.91 Å². The first-order valence-electron chi connectivity index (χ1n) is 10.4. The van der Waals surface area contributed by atoms with Crippen LogP contribution in [0.3, 0.4) is 0 Å². The van der Waals surface area contributed by atoms with E-state index < -0.39 is 0 Å². The third-order valence-corrected chi connectivity index (χ3v) is 5.90. The van der Waals surface area contributed by atoms with Crippen LogP contribution in [-0.4, -0.2) is 46.5 Å². The normalized spacial score (nSPS) is 21.4. The molecule has 1 fully saturated rings. The summed E-state index contributed by atoms with van der Waals surface area (Å²) in [6.07, 6.45) is 6.83. The molecule has 28 heavy (non-hydrogen) atoms. The number of aryl methyl sites for hydroxylation is 1. The molecule has 3 heterocycles. The average Bonchev–Trinajstić information content (AvgIpc) is 3.48. The van der Waals surface area contributed by atoms with Crippen LogP contribution in [0, 0.1) is 5.92 Å². The van der Waals surface area contributed by atoms with Crippen LogP contribution in [0.1, 0.15) is 36.1 Å². The number of carbonyl (C=O) groups is 1. The van der Waals surface area contributed by atoms with Gasteiger partial charge in [0.25, 0.3) is 0 Å². The van der Waals surface area contributed by atoms with Gasteiger partial charge in [-0.05, 0) is 54.9 Å². The van der Waals surface area contributed by atoms with Gasteiger partial charge in [-0.1, -0.05) is 12.1 Å². The zero-order valence-corrected chi connectivity index (χ0v) is 16.2. The van der Waals surface area contributed by atoms with Gasteiger partial charge in [0.1, 0.15) is 5.75 Å². The second kappa shape index (κ2) is 7.59. The van der Waals surface area contributed by atoms with E-state index in [9.17, 15) is 4.79 Å². The molecule has 1 atom stereocenters. The Morgan fingerprint density at radius 3 is 3.07 bits per heavy atom. The molecular weight excluding hydrogens is 354 g/mol. The highest BCUT2D eigenvalue weighted by molar-refractivity contribution is 5.79. The molecule has 0 bridgehead atoms. The lowest BCUT2D eigenvalue weighted by atomic mass is 10.0. The summed E-state index contributed by atoms with van der Waals surface area (Å²) >= 11 is 0. The Balaban J connectivity index is 1.29. The molecule has 1 aromatic heterocycles. The number of fused-ring (bicyclic) bond motifs is 2. The predicted octanol–water partition coefficient (Wildman–Crippen LogP) is 2.59. The molecule has 5 rings (SSSR count). The van der Waals surface area contributed by atoms with Gasteiger partial charge in [0.15, 0.2) is 0 Å². The van der Waals surface area contributed by atoms with E-state index in [1.165, 1.54) is 18.4 Å². The van der Waals surface area contributed by atoms with Crippen LogP contribution in [-0.2, 0) is 35.5 Å². The van der Waals surface area contributed by atoms with Gasteiger partial charge < -0.3 is 14.4 Å². The maximum Gasteiger partial charge on any atom is 0.227 e. The Bertz CT molecular complexity index is 858. The number of hydrogen-bond acceptors (Lipinski definition) is 4. The van der Waals surface area contributed by atoms with Gasteiger partial charge >= 0.3 is 0 Å². The van der Waals surface area contributed by atoms with Crippen LogP contribution in [0.2, 0.25) is 0 Å². The lowest BCUT2D eigenvalue weighted by Crippen LogP contribution is -2.38. The number of benzene rings is 1. The van der Waals surface area contributed by atoms with Crippen molar-refractivity contribution in [2.24, 2.45) is 5.92 Å². The quantitative estimate of drug-likeness (QED) is 0.799. The molecule has 0 saturated heterocycles. The number of aromatic nitrogens is 2. The van der Waals surface area contributed by atoms with Crippen LogP contribution >= 0.6 is 0 Å². The molecule has 1 aromatic carbocycles. The van der Waals surface area contributed by atoms with Gasteiger partial charge in [-0.2, -0.15) is 5.10 Å². The van der Waals surface area contributed by atoms with E-state index in [-0.39, 0.29) is 12.0 Å². The second-order valence-electron chi connectivity index (χ2n) is 8.25.